The topological polar surface area (TPSA) is 33.0 Å². The predicted octanol–water partition coefficient (Wildman–Crippen LogP) is 5.70. The number of hydrogen-bond acceptors (Lipinski definition) is 2. The Balaban J connectivity index is 1.76. The van der Waals surface area contributed by atoms with Gasteiger partial charge in [0, 0.05) is 11.1 Å². The summed E-state index contributed by atoms with van der Waals surface area (Å²) in [4.78, 5) is 0. The maximum atomic E-state index is 8.79. The average Bonchev–Trinajstić information content (AvgIpc) is 2.67. The Labute approximate surface area is 151 Å². The molecule has 0 amide bonds. The lowest BCUT2D eigenvalue weighted by Gasteiger charge is -2.06. The normalized spacial score (nSPS) is 9.76. The van der Waals surface area contributed by atoms with Gasteiger partial charge in [-0.05, 0) is 55.0 Å². The third-order valence-electron chi connectivity index (χ3n) is 3.99. The first kappa shape index (κ1) is 18.6. The van der Waals surface area contributed by atoms with E-state index in [2.05, 4.69) is 24.8 Å². The molecule has 0 unspecified atom stereocenters. The van der Waals surface area contributed by atoms with Gasteiger partial charge in [0.05, 0.1) is 18.2 Å². The second-order valence-corrected chi connectivity index (χ2v) is 6.08. The third kappa shape index (κ3) is 7.15. The third-order valence-corrected chi connectivity index (χ3v) is 3.99. The fourth-order valence-electron chi connectivity index (χ4n) is 2.48. The fraction of sp³-hybridized carbons (Fsp3) is 0.348. The first-order chi connectivity index (χ1) is 12.3. The average molecular weight is 331 g/mol. The molecular weight excluding hydrogens is 306 g/mol. The molecule has 0 aromatic heterocycles. The van der Waals surface area contributed by atoms with Gasteiger partial charge in [-0.3, -0.25) is 0 Å². The Hall–Kier alpha value is -2.71. The van der Waals surface area contributed by atoms with Crippen molar-refractivity contribution in [1.82, 2.24) is 0 Å². The molecule has 0 saturated heterocycles. The van der Waals surface area contributed by atoms with Crippen molar-refractivity contribution in [2.75, 3.05) is 6.61 Å². The van der Waals surface area contributed by atoms with Gasteiger partial charge in [0.2, 0.25) is 0 Å². The minimum atomic E-state index is 0.650. The highest BCUT2D eigenvalue weighted by Gasteiger charge is 1.95. The van der Waals surface area contributed by atoms with Crippen LogP contribution in [0.4, 0.5) is 0 Å². The summed E-state index contributed by atoms with van der Waals surface area (Å²) < 4.78 is 5.78. The summed E-state index contributed by atoms with van der Waals surface area (Å²) in [5.41, 5.74) is 2.51. The molecule has 2 aromatic rings. The zero-order valence-corrected chi connectivity index (χ0v) is 14.9. The Morgan fingerprint density at radius 3 is 1.84 bits per heavy atom. The number of nitrogens with zero attached hydrogens (tertiary/aromatic N) is 1. The van der Waals surface area contributed by atoms with Crippen molar-refractivity contribution >= 4 is 0 Å². The van der Waals surface area contributed by atoms with Gasteiger partial charge in [-0.1, -0.05) is 50.9 Å². The minimum Gasteiger partial charge on any atom is -0.494 e. The fourth-order valence-corrected chi connectivity index (χ4v) is 2.48. The molecular formula is C23H25NO. The van der Waals surface area contributed by atoms with Crippen molar-refractivity contribution in [3.63, 3.8) is 0 Å². The van der Waals surface area contributed by atoms with E-state index in [1.54, 1.807) is 12.1 Å². The van der Waals surface area contributed by atoms with E-state index in [-0.39, 0.29) is 0 Å². The standard InChI is InChI=1S/C23H25NO/c1-2-3-4-5-6-7-18-25-23-16-14-21(15-17-23)9-8-20-10-12-22(19-24)13-11-20/h10-17H,2-7,18H2,1H3. The Morgan fingerprint density at radius 2 is 1.24 bits per heavy atom. The summed E-state index contributed by atoms with van der Waals surface area (Å²) in [7, 11) is 0. The molecule has 2 nitrogen and oxygen atoms in total. The van der Waals surface area contributed by atoms with Crippen LogP contribution in [-0.2, 0) is 0 Å². The smallest absolute Gasteiger partial charge is 0.119 e. The van der Waals surface area contributed by atoms with Crippen molar-refractivity contribution in [2.24, 2.45) is 0 Å². The molecule has 2 heteroatoms. The first-order valence-corrected chi connectivity index (χ1v) is 9.07. The van der Waals surface area contributed by atoms with Gasteiger partial charge in [0.15, 0.2) is 0 Å². The molecule has 0 N–H and O–H groups in total. The number of benzene rings is 2. The summed E-state index contributed by atoms with van der Waals surface area (Å²) in [5, 5.41) is 8.79. The quantitative estimate of drug-likeness (QED) is 0.459. The lowest BCUT2D eigenvalue weighted by molar-refractivity contribution is 0.304. The lowest BCUT2D eigenvalue weighted by Crippen LogP contribution is -1.97. The van der Waals surface area contributed by atoms with Crippen LogP contribution in [0, 0.1) is 23.2 Å². The van der Waals surface area contributed by atoms with Gasteiger partial charge >= 0.3 is 0 Å². The van der Waals surface area contributed by atoms with Crippen LogP contribution in [0.25, 0.3) is 0 Å². The molecule has 2 rings (SSSR count). The van der Waals surface area contributed by atoms with Gasteiger partial charge in [-0.2, -0.15) is 5.26 Å². The molecule has 0 fully saturated rings. The molecule has 0 spiro atoms. The highest BCUT2D eigenvalue weighted by Crippen LogP contribution is 2.13. The molecule has 0 bridgehead atoms. The molecule has 0 radical (unpaired) electrons. The van der Waals surface area contributed by atoms with Crippen LogP contribution in [0.15, 0.2) is 48.5 Å². The van der Waals surface area contributed by atoms with Crippen molar-refractivity contribution in [1.29, 1.82) is 5.26 Å². The summed E-state index contributed by atoms with van der Waals surface area (Å²) in [5.74, 6) is 7.14. The summed E-state index contributed by atoms with van der Waals surface area (Å²) in [6.45, 7) is 3.02. The largest absolute Gasteiger partial charge is 0.494 e. The van der Waals surface area contributed by atoms with E-state index in [1.165, 1.54) is 32.1 Å². The van der Waals surface area contributed by atoms with E-state index in [0.29, 0.717) is 5.56 Å². The number of nitriles is 1. The van der Waals surface area contributed by atoms with Crippen LogP contribution in [0.2, 0.25) is 0 Å². The molecule has 25 heavy (non-hydrogen) atoms. The van der Waals surface area contributed by atoms with Crippen LogP contribution in [-0.4, -0.2) is 6.61 Å². The first-order valence-electron chi connectivity index (χ1n) is 9.07. The van der Waals surface area contributed by atoms with E-state index < -0.39 is 0 Å². The molecule has 128 valence electrons. The molecule has 0 saturated carbocycles. The van der Waals surface area contributed by atoms with E-state index in [4.69, 9.17) is 10.00 Å². The van der Waals surface area contributed by atoms with E-state index in [0.717, 1.165) is 29.9 Å². The SMILES string of the molecule is CCCCCCCCOc1ccc(C#Cc2ccc(C#N)cc2)cc1. The van der Waals surface area contributed by atoms with E-state index >= 15 is 0 Å². The molecule has 0 aliphatic rings. The number of ether oxygens (including phenoxy) is 1. The second-order valence-electron chi connectivity index (χ2n) is 6.08. The van der Waals surface area contributed by atoms with Crippen molar-refractivity contribution in [2.45, 2.75) is 45.4 Å². The van der Waals surface area contributed by atoms with Gasteiger partial charge in [0.1, 0.15) is 5.75 Å². The van der Waals surface area contributed by atoms with E-state index in [9.17, 15) is 0 Å². The number of unbranched alkanes of at least 4 members (excludes halogenated alkanes) is 5. The van der Waals surface area contributed by atoms with Crippen molar-refractivity contribution in [3.8, 4) is 23.7 Å². The Kier molecular flexibility index (Phi) is 8.16. The molecule has 0 atom stereocenters. The summed E-state index contributed by atoms with van der Waals surface area (Å²) >= 11 is 0. The van der Waals surface area contributed by atoms with Crippen molar-refractivity contribution < 1.29 is 4.74 Å². The highest BCUT2D eigenvalue weighted by atomic mass is 16.5. The Bertz CT molecular complexity index is 727. The zero-order chi connectivity index (χ0) is 17.7. The molecule has 0 heterocycles. The second kappa shape index (κ2) is 11.0. The van der Waals surface area contributed by atoms with Crippen LogP contribution in [0.3, 0.4) is 0 Å². The molecule has 0 aliphatic carbocycles. The van der Waals surface area contributed by atoms with Gasteiger partial charge in [0.25, 0.3) is 0 Å². The molecule has 0 aliphatic heterocycles. The van der Waals surface area contributed by atoms with Gasteiger partial charge in [-0.25, -0.2) is 0 Å². The lowest BCUT2D eigenvalue weighted by atomic mass is 10.1. The number of rotatable bonds is 8. The summed E-state index contributed by atoms with van der Waals surface area (Å²) in [6, 6.07) is 17.3. The maximum Gasteiger partial charge on any atom is 0.119 e. The zero-order valence-electron chi connectivity index (χ0n) is 14.9. The molecule has 2 aromatic carbocycles. The summed E-state index contributed by atoms with van der Waals surface area (Å²) in [6.07, 6.45) is 7.63. The van der Waals surface area contributed by atoms with Crippen LogP contribution in [0.1, 0.15) is 62.1 Å². The number of hydrogen-bond donors (Lipinski definition) is 0. The van der Waals surface area contributed by atoms with Gasteiger partial charge < -0.3 is 4.74 Å². The van der Waals surface area contributed by atoms with Crippen LogP contribution in [0.5, 0.6) is 5.75 Å². The maximum absolute atomic E-state index is 8.79. The van der Waals surface area contributed by atoms with Crippen molar-refractivity contribution in [3.05, 3.63) is 65.2 Å². The highest BCUT2D eigenvalue weighted by molar-refractivity contribution is 5.45. The minimum absolute atomic E-state index is 0.650. The Morgan fingerprint density at radius 1 is 0.720 bits per heavy atom. The van der Waals surface area contributed by atoms with Gasteiger partial charge in [-0.15, -0.1) is 0 Å². The van der Waals surface area contributed by atoms with Crippen LogP contribution < -0.4 is 4.74 Å². The predicted molar refractivity (Wildman–Crippen MR) is 102 cm³/mol. The van der Waals surface area contributed by atoms with E-state index in [1.807, 2.05) is 36.4 Å². The monoisotopic (exact) mass is 331 g/mol. The van der Waals surface area contributed by atoms with Crippen LogP contribution >= 0.6 is 0 Å².